The highest BCUT2D eigenvalue weighted by atomic mass is 32.2. The summed E-state index contributed by atoms with van der Waals surface area (Å²) in [7, 11) is 0. The lowest BCUT2D eigenvalue weighted by atomic mass is 10.0. The molecule has 6 rings (SSSR count). The maximum absolute atomic E-state index is 13.5. The zero-order valence-electron chi connectivity index (χ0n) is 26.8. The van der Waals surface area contributed by atoms with E-state index in [0.29, 0.717) is 36.0 Å². The second-order valence-corrected chi connectivity index (χ2v) is 13.1. The number of aryl methyl sites for hydroxylation is 1. The van der Waals surface area contributed by atoms with Crippen LogP contribution in [0.15, 0.2) is 82.7 Å². The number of hydrogen-bond acceptors (Lipinski definition) is 5. The van der Waals surface area contributed by atoms with Gasteiger partial charge in [-0.25, -0.2) is 4.39 Å². The molecule has 2 aromatic heterocycles. The topological polar surface area (TPSA) is 65.6 Å². The average molecular weight is 676 g/mol. The minimum Gasteiger partial charge on any atom is -0.316 e. The van der Waals surface area contributed by atoms with Gasteiger partial charge in [-0.3, -0.25) is 4.79 Å². The largest absolute Gasteiger partial charge is 0.416 e. The van der Waals surface area contributed by atoms with E-state index in [0.717, 1.165) is 96.7 Å². The number of unbranched alkanes of at least 4 members (excludes halogenated alkanes) is 3. The van der Waals surface area contributed by atoms with Crippen LogP contribution in [-0.2, 0) is 44.3 Å². The number of fused-ring (bicyclic) bond motifs is 1. The highest BCUT2D eigenvalue weighted by Gasteiger charge is 2.30. The van der Waals surface area contributed by atoms with Gasteiger partial charge < -0.3 is 9.13 Å². The Kier molecular flexibility index (Phi) is 10.4. The van der Waals surface area contributed by atoms with E-state index >= 15 is 0 Å². The molecule has 1 aliphatic carbocycles. The molecule has 5 aromatic rings. The summed E-state index contributed by atoms with van der Waals surface area (Å²) in [6, 6.07) is 19.3. The van der Waals surface area contributed by atoms with Crippen LogP contribution in [0.2, 0.25) is 0 Å². The van der Waals surface area contributed by atoms with Crippen molar-refractivity contribution in [2.24, 2.45) is 0 Å². The van der Waals surface area contributed by atoms with Gasteiger partial charge in [0.15, 0.2) is 11.0 Å². The minimum atomic E-state index is -4.37. The van der Waals surface area contributed by atoms with E-state index in [4.69, 9.17) is 0 Å². The third kappa shape index (κ3) is 7.89. The molecule has 48 heavy (non-hydrogen) atoms. The summed E-state index contributed by atoms with van der Waals surface area (Å²) in [4.78, 5) is 17.5. The Hall–Kier alpha value is -4.25. The molecule has 250 valence electrons. The fourth-order valence-corrected chi connectivity index (χ4v) is 7.10. The lowest BCUT2D eigenvalue weighted by molar-refractivity contribution is -0.137. The normalized spacial score (nSPS) is 12.9. The van der Waals surface area contributed by atoms with Crippen molar-refractivity contribution in [1.29, 1.82) is 0 Å². The van der Waals surface area contributed by atoms with Crippen LogP contribution < -0.4 is 5.56 Å². The van der Waals surface area contributed by atoms with E-state index in [9.17, 15) is 22.4 Å². The van der Waals surface area contributed by atoms with Crippen LogP contribution in [0.3, 0.4) is 0 Å². The Morgan fingerprint density at radius 3 is 2.12 bits per heavy atom. The van der Waals surface area contributed by atoms with E-state index in [2.05, 4.69) is 31.2 Å². The van der Waals surface area contributed by atoms with Crippen molar-refractivity contribution in [1.82, 2.24) is 24.3 Å². The van der Waals surface area contributed by atoms with Crippen molar-refractivity contribution < 1.29 is 17.6 Å². The van der Waals surface area contributed by atoms with Gasteiger partial charge >= 0.3 is 6.18 Å². The zero-order valence-corrected chi connectivity index (χ0v) is 27.6. The first-order valence-corrected chi connectivity index (χ1v) is 17.4. The van der Waals surface area contributed by atoms with E-state index in [1.807, 2.05) is 24.3 Å². The standard InChI is InChI=1S/C37H37F4N5OS/c1-2-3-4-5-9-33-43-44-34(46(33)22-25-10-14-27(15-11-25)28-16-18-29(19-17-28)37(39,40)41)23-45-32-8-6-7-31(32)35(47)42-36(45)48-24-26-12-20-30(38)21-13-26/h10-21H,2-9,22-24H2,1H3. The van der Waals surface area contributed by atoms with Gasteiger partial charge in [0.2, 0.25) is 0 Å². The molecule has 3 aromatic carbocycles. The van der Waals surface area contributed by atoms with Gasteiger partial charge in [-0.2, -0.15) is 18.2 Å². The van der Waals surface area contributed by atoms with Crippen LogP contribution in [0.25, 0.3) is 11.1 Å². The highest BCUT2D eigenvalue weighted by Crippen LogP contribution is 2.31. The quantitative estimate of drug-likeness (QED) is 0.0541. The van der Waals surface area contributed by atoms with Gasteiger partial charge in [-0.15, -0.1) is 10.2 Å². The molecule has 0 N–H and O–H groups in total. The predicted octanol–water partition coefficient (Wildman–Crippen LogP) is 8.66. The Morgan fingerprint density at radius 1 is 0.771 bits per heavy atom. The molecule has 0 unspecified atom stereocenters. The number of hydrogen-bond donors (Lipinski definition) is 0. The Labute approximate surface area is 281 Å². The second-order valence-electron chi connectivity index (χ2n) is 12.2. The fourth-order valence-electron chi connectivity index (χ4n) is 6.13. The minimum absolute atomic E-state index is 0.188. The third-order valence-electron chi connectivity index (χ3n) is 8.78. The van der Waals surface area contributed by atoms with Crippen molar-refractivity contribution in [3.05, 3.63) is 129 Å². The van der Waals surface area contributed by atoms with Crippen LogP contribution in [0.1, 0.15) is 78.6 Å². The summed E-state index contributed by atoms with van der Waals surface area (Å²) >= 11 is 1.45. The molecule has 0 spiro atoms. The molecule has 6 nitrogen and oxygen atoms in total. The smallest absolute Gasteiger partial charge is 0.316 e. The molecular weight excluding hydrogens is 639 g/mol. The molecule has 0 radical (unpaired) electrons. The molecule has 0 amide bonds. The molecule has 2 heterocycles. The van der Waals surface area contributed by atoms with Crippen molar-refractivity contribution in [2.45, 2.75) is 88.5 Å². The molecule has 0 fully saturated rings. The second kappa shape index (κ2) is 14.9. The van der Waals surface area contributed by atoms with Crippen molar-refractivity contribution in [3.8, 4) is 11.1 Å². The van der Waals surface area contributed by atoms with E-state index < -0.39 is 11.7 Å². The molecule has 0 atom stereocenters. The van der Waals surface area contributed by atoms with Crippen molar-refractivity contribution in [2.75, 3.05) is 0 Å². The van der Waals surface area contributed by atoms with E-state index in [-0.39, 0.29) is 11.4 Å². The van der Waals surface area contributed by atoms with Crippen molar-refractivity contribution >= 4 is 11.8 Å². The summed E-state index contributed by atoms with van der Waals surface area (Å²) in [6.45, 7) is 3.09. The summed E-state index contributed by atoms with van der Waals surface area (Å²) in [6.07, 6.45) is 3.14. The van der Waals surface area contributed by atoms with Gasteiger partial charge in [0, 0.05) is 23.4 Å². The SMILES string of the molecule is CCCCCCc1nnc(Cn2c(SCc3ccc(F)cc3)nc(=O)c3c2CCC3)n1Cc1ccc(-c2ccc(C(F)(F)F)cc2)cc1. The Bertz CT molecular complexity index is 1900. The maximum atomic E-state index is 13.5. The summed E-state index contributed by atoms with van der Waals surface area (Å²) in [5, 5.41) is 9.89. The summed E-state index contributed by atoms with van der Waals surface area (Å²) in [5.74, 6) is 1.89. The number of aromatic nitrogens is 5. The lowest BCUT2D eigenvalue weighted by Crippen LogP contribution is -2.23. The summed E-state index contributed by atoms with van der Waals surface area (Å²) < 4.78 is 56.9. The summed E-state index contributed by atoms with van der Waals surface area (Å²) in [5.41, 5.74) is 4.36. The lowest BCUT2D eigenvalue weighted by Gasteiger charge is -2.18. The molecule has 0 aliphatic heterocycles. The van der Waals surface area contributed by atoms with Crippen LogP contribution in [0.5, 0.6) is 0 Å². The first-order valence-electron chi connectivity index (χ1n) is 16.4. The number of nitrogens with zero attached hydrogens (tertiary/aromatic N) is 5. The Balaban J connectivity index is 1.29. The first-order chi connectivity index (χ1) is 23.2. The highest BCUT2D eigenvalue weighted by molar-refractivity contribution is 7.98. The molecule has 1 aliphatic rings. The predicted molar refractivity (Wildman–Crippen MR) is 179 cm³/mol. The number of rotatable bonds is 13. The Morgan fingerprint density at radius 2 is 1.44 bits per heavy atom. The van der Waals surface area contributed by atoms with Crippen LogP contribution in [0, 0.1) is 5.82 Å². The average Bonchev–Trinajstić information content (AvgIpc) is 3.72. The molecular formula is C37H37F4N5OS. The molecule has 0 bridgehead atoms. The van der Waals surface area contributed by atoms with Crippen LogP contribution >= 0.6 is 11.8 Å². The van der Waals surface area contributed by atoms with E-state index in [1.54, 1.807) is 12.1 Å². The van der Waals surface area contributed by atoms with Crippen molar-refractivity contribution in [3.63, 3.8) is 0 Å². The van der Waals surface area contributed by atoms with Crippen LogP contribution in [0.4, 0.5) is 17.6 Å². The fraction of sp³-hybridized carbons (Fsp3) is 0.351. The maximum Gasteiger partial charge on any atom is 0.416 e. The van der Waals surface area contributed by atoms with Crippen LogP contribution in [-0.4, -0.2) is 24.3 Å². The van der Waals surface area contributed by atoms with Gasteiger partial charge in [0.1, 0.15) is 11.6 Å². The molecule has 0 saturated carbocycles. The third-order valence-corrected chi connectivity index (χ3v) is 9.83. The zero-order chi connectivity index (χ0) is 33.7. The van der Waals surface area contributed by atoms with Gasteiger partial charge in [0.25, 0.3) is 5.56 Å². The monoisotopic (exact) mass is 675 g/mol. The molecule has 11 heteroatoms. The number of alkyl halides is 3. The molecule has 0 saturated heterocycles. The van der Waals surface area contributed by atoms with E-state index in [1.165, 1.54) is 36.0 Å². The number of benzene rings is 3. The van der Waals surface area contributed by atoms with Gasteiger partial charge in [-0.1, -0.05) is 86.5 Å². The van der Waals surface area contributed by atoms with Gasteiger partial charge in [-0.05, 0) is 72.2 Å². The number of thioether (sulfide) groups is 1. The van der Waals surface area contributed by atoms with Gasteiger partial charge in [0.05, 0.1) is 18.7 Å². The first kappa shape index (κ1) is 33.6. The number of halogens is 4.